The summed E-state index contributed by atoms with van der Waals surface area (Å²) in [5.41, 5.74) is 3.00. The van der Waals surface area contributed by atoms with E-state index in [9.17, 15) is 4.79 Å². The highest BCUT2D eigenvalue weighted by Crippen LogP contribution is 2.22. The zero-order valence-corrected chi connectivity index (χ0v) is 11.4. The van der Waals surface area contributed by atoms with E-state index >= 15 is 0 Å². The van der Waals surface area contributed by atoms with E-state index < -0.39 is 0 Å². The van der Waals surface area contributed by atoms with E-state index in [0.717, 1.165) is 36.5 Å². The molecular weight excluding hydrogens is 228 g/mol. The van der Waals surface area contributed by atoms with Crippen molar-refractivity contribution in [3.63, 3.8) is 0 Å². The molecule has 4 nitrogen and oxygen atoms in total. The Morgan fingerprint density at radius 3 is 2.72 bits per heavy atom. The first-order valence-electron chi connectivity index (χ1n) is 6.65. The molecule has 1 fully saturated rings. The molecule has 0 aromatic carbocycles. The summed E-state index contributed by atoms with van der Waals surface area (Å²) in [6, 6.07) is 1.98. The number of rotatable bonds is 3. The van der Waals surface area contributed by atoms with Gasteiger partial charge in [-0.15, -0.1) is 0 Å². The highest BCUT2D eigenvalue weighted by molar-refractivity contribution is 5.95. The van der Waals surface area contributed by atoms with E-state index in [0.29, 0.717) is 6.54 Å². The van der Waals surface area contributed by atoms with E-state index in [1.54, 1.807) is 0 Å². The molecule has 0 saturated carbocycles. The number of aliphatic hydroxyl groups excluding tert-OH is 1. The standard InChI is InChI=1S/C14H22N2O2/c1-4-16-10(2)7-13(11(16)3)14(18)15-6-5-12(8-15)9-17/h7,12,17H,4-6,8-9H2,1-3H3. The van der Waals surface area contributed by atoms with Gasteiger partial charge in [0.05, 0.1) is 5.56 Å². The van der Waals surface area contributed by atoms with Crippen LogP contribution in [0.2, 0.25) is 0 Å². The number of carbonyl (C=O) groups is 1. The van der Waals surface area contributed by atoms with E-state index in [2.05, 4.69) is 11.5 Å². The summed E-state index contributed by atoms with van der Waals surface area (Å²) in [6.07, 6.45) is 0.911. The number of likely N-dealkylation sites (tertiary alicyclic amines) is 1. The van der Waals surface area contributed by atoms with Crippen LogP contribution in [0.4, 0.5) is 0 Å². The molecule has 4 heteroatoms. The fraction of sp³-hybridized carbons (Fsp3) is 0.643. The van der Waals surface area contributed by atoms with Gasteiger partial charge in [-0.2, -0.15) is 0 Å². The first-order valence-corrected chi connectivity index (χ1v) is 6.65. The van der Waals surface area contributed by atoms with Crippen LogP contribution in [-0.2, 0) is 6.54 Å². The van der Waals surface area contributed by atoms with Crippen molar-refractivity contribution in [3.05, 3.63) is 23.0 Å². The predicted octanol–water partition coefficient (Wildman–Crippen LogP) is 1.58. The van der Waals surface area contributed by atoms with Gasteiger partial charge in [-0.25, -0.2) is 0 Å². The second kappa shape index (κ2) is 5.14. The Hall–Kier alpha value is -1.29. The monoisotopic (exact) mass is 250 g/mol. The SMILES string of the molecule is CCn1c(C)cc(C(=O)N2CCC(CO)C2)c1C. The van der Waals surface area contributed by atoms with Crippen LogP contribution in [0.3, 0.4) is 0 Å². The van der Waals surface area contributed by atoms with Crippen molar-refractivity contribution in [3.8, 4) is 0 Å². The highest BCUT2D eigenvalue weighted by atomic mass is 16.3. The Labute approximate surface area is 108 Å². The van der Waals surface area contributed by atoms with E-state index in [4.69, 9.17) is 5.11 Å². The largest absolute Gasteiger partial charge is 0.396 e. The molecular formula is C14H22N2O2. The van der Waals surface area contributed by atoms with Crippen LogP contribution in [0, 0.1) is 19.8 Å². The number of nitrogens with zero attached hydrogens (tertiary/aromatic N) is 2. The third-order valence-electron chi connectivity index (χ3n) is 3.95. The summed E-state index contributed by atoms with van der Waals surface area (Å²) < 4.78 is 2.16. The molecule has 1 aliphatic heterocycles. The molecule has 1 aliphatic rings. The number of carbonyl (C=O) groups excluding carboxylic acids is 1. The molecule has 2 heterocycles. The molecule has 1 unspecified atom stereocenters. The molecule has 0 radical (unpaired) electrons. The summed E-state index contributed by atoms with van der Waals surface area (Å²) in [5, 5.41) is 9.13. The average Bonchev–Trinajstić information content (AvgIpc) is 2.93. The minimum absolute atomic E-state index is 0.110. The lowest BCUT2D eigenvalue weighted by atomic mass is 10.1. The van der Waals surface area contributed by atoms with Crippen molar-refractivity contribution in [2.45, 2.75) is 33.7 Å². The lowest BCUT2D eigenvalue weighted by Gasteiger charge is -2.16. The maximum atomic E-state index is 12.4. The van der Waals surface area contributed by atoms with Crippen molar-refractivity contribution in [1.29, 1.82) is 0 Å². The Kier molecular flexibility index (Phi) is 3.76. The number of hydrogen-bond acceptors (Lipinski definition) is 2. The van der Waals surface area contributed by atoms with Crippen LogP contribution < -0.4 is 0 Å². The van der Waals surface area contributed by atoms with Gasteiger partial charge < -0.3 is 14.6 Å². The lowest BCUT2D eigenvalue weighted by molar-refractivity contribution is 0.0781. The van der Waals surface area contributed by atoms with Crippen molar-refractivity contribution < 1.29 is 9.90 Å². The second-order valence-electron chi connectivity index (χ2n) is 5.12. The quantitative estimate of drug-likeness (QED) is 0.885. The molecule has 1 amide bonds. The number of amides is 1. The lowest BCUT2D eigenvalue weighted by Crippen LogP contribution is -2.29. The van der Waals surface area contributed by atoms with Gasteiger partial charge in [-0.3, -0.25) is 4.79 Å². The van der Waals surface area contributed by atoms with Crippen molar-refractivity contribution in [1.82, 2.24) is 9.47 Å². The number of aryl methyl sites for hydroxylation is 1. The molecule has 0 spiro atoms. The van der Waals surface area contributed by atoms with Crippen LogP contribution in [0.5, 0.6) is 0 Å². The highest BCUT2D eigenvalue weighted by Gasteiger charge is 2.28. The summed E-state index contributed by atoms with van der Waals surface area (Å²) in [4.78, 5) is 14.3. The van der Waals surface area contributed by atoms with Crippen molar-refractivity contribution in [2.75, 3.05) is 19.7 Å². The third kappa shape index (κ3) is 2.17. The van der Waals surface area contributed by atoms with Gasteiger partial charge in [0.2, 0.25) is 0 Å². The van der Waals surface area contributed by atoms with E-state index in [1.807, 2.05) is 24.8 Å². The smallest absolute Gasteiger partial charge is 0.255 e. The Bertz CT molecular complexity index is 451. The normalized spacial score (nSPS) is 19.6. The minimum Gasteiger partial charge on any atom is -0.396 e. The van der Waals surface area contributed by atoms with Gasteiger partial charge in [0.15, 0.2) is 0 Å². The summed E-state index contributed by atoms with van der Waals surface area (Å²) in [6.45, 7) is 8.65. The molecule has 1 atom stereocenters. The third-order valence-corrected chi connectivity index (χ3v) is 3.95. The first kappa shape index (κ1) is 13.1. The number of hydrogen-bond donors (Lipinski definition) is 1. The fourth-order valence-corrected chi connectivity index (χ4v) is 2.84. The molecule has 2 rings (SSSR count). The topological polar surface area (TPSA) is 45.5 Å². The summed E-state index contributed by atoms with van der Waals surface area (Å²) in [5.74, 6) is 0.363. The van der Waals surface area contributed by atoms with Crippen molar-refractivity contribution in [2.24, 2.45) is 5.92 Å². The average molecular weight is 250 g/mol. The first-order chi connectivity index (χ1) is 8.58. The van der Waals surface area contributed by atoms with Gasteiger partial charge in [0, 0.05) is 43.5 Å². The molecule has 100 valence electrons. The van der Waals surface area contributed by atoms with Gasteiger partial charge in [-0.05, 0) is 33.3 Å². The Balaban J connectivity index is 2.19. The number of aliphatic hydroxyl groups is 1. The zero-order chi connectivity index (χ0) is 13.3. The van der Waals surface area contributed by atoms with Crippen LogP contribution >= 0.6 is 0 Å². The zero-order valence-electron chi connectivity index (χ0n) is 11.4. The molecule has 0 aliphatic carbocycles. The molecule has 0 bridgehead atoms. The van der Waals surface area contributed by atoms with Gasteiger partial charge >= 0.3 is 0 Å². The van der Waals surface area contributed by atoms with Gasteiger partial charge in [0.25, 0.3) is 5.91 Å². The van der Waals surface area contributed by atoms with Gasteiger partial charge in [-0.1, -0.05) is 0 Å². The van der Waals surface area contributed by atoms with Crippen LogP contribution in [0.25, 0.3) is 0 Å². The Morgan fingerprint density at radius 2 is 2.22 bits per heavy atom. The Morgan fingerprint density at radius 1 is 1.50 bits per heavy atom. The summed E-state index contributed by atoms with van der Waals surface area (Å²) >= 11 is 0. The van der Waals surface area contributed by atoms with Crippen molar-refractivity contribution >= 4 is 5.91 Å². The predicted molar refractivity (Wildman–Crippen MR) is 70.7 cm³/mol. The van der Waals surface area contributed by atoms with Crippen LogP contribution in [0.15, 0.2) is 6.07 Å². The van der Waals surface area contributed by atoms with E-state index in [1.165, 1.54) is 0 Å². The molecule has 1 N–H and O–H groups in total. The van der Waals surface area contributed by atoms with Gasteiger partial charge in [0.1, 0.15) is 0 Å². The second-order valence-corrected chi connectivity index (χ2v) is 5.12. The maximum absolute atomic E-state index is 12.4. The van der Waals surface area contributed by atoms with Crippen LogP contribution in [0.1, 0.15) is 35.1 Å². The fourth-order valence-electron chi connectivity index (χ4n) is 2.84. The molecule has 1 aromatic rings. The number of aromatic nitrogens is 1. The molecule has 1 saturated heterocycles. The summed E-state index contributed by atoms with van der Waals surface area (Å²) in [7, 11) is 0. The van der Waals surface area contributed by atoms with Crippen LogP contribution in [-0.4, -0.2) is 40.2 Å². The minimum atomic E-state index is 0.110. The van der Waals surface area contributed by atoms with E-state index in [-0.39, 0.29) is 18.4 Å². The molecule has 1 aromatic heterocycles. The molecule has 18 heavy (non-hydrogen) atoms. The maximum Gasteiger partial charge on any atom is 0.255 e.